The summed E-state index contributed by atoms with van der Waals surface area (Å²) >= 11 is 1.38. The summed E-state index contributed by atoms with van der Waals surface area (Å²) in [6.45, 7) is 10.8. The molecule has 7 aliphatic rings. The van der Waals surface area contributed by atoms with Crippen LogP contribution in [0.4, 0.5) is 21.4 Å². The number of imide groups is 1. The van der Waals surface area contributed by atoms with Crippen LogP contribution in [0.5, 0.6) is 0 Å². The molecular weight excluding hydrogens is 1430 g/mol. The first-order valence-electron chi connectivity index (χ1n) is 37.0. The second kappa shape index (κ2) is 34.0. The van der Waals surface area contributed by atoms with Crippen molar-refractivity contribution in [2.24, 2.45) is 32.9 Å². The summed E-state index contributed by atoms with van der Waals surface area (Å²) in [5, 5.41) is 95.0. The zero-order valence-electron chi connectivity index (χ0n) is 62.0. The van der Waals surface area contributed by atoms with Crippen molar-refractivity contribution in [3.05, 3.63) is 130 Å². The molecule has 2 aromatic heterocycles. The van der Waals surface area contributed by atoms with Gasteiger partial charge in [-0.3, -0.25) is 44.0 Å². The molecule has 5 fully saturated rings. The van der Waals surface area contributed by atoms with Crippen molar-refractivity contribution in [2.45, 2.75) is 192 Å². The van der Waals surface area contributed by atoms with Gasteiger partial charge in [0.15, 0.2) is 17.1 Å². The number of aliphatic hydroxyl groups is 7. The first kappa shape index (κ1) is 80.9. The number of carboxylic acid groups (broad SMARTS) is 1. The first-order chi connectivity index (χ1) is 51.8. The summed E-state index contributed by atoms with van der Waals surface area (Å²) in [6.07, 6.45) is -2.18. The van der Waals surface area contributed by atoms with Crippen molar-refractivity contribution in [3.8, 4) is 0 Å². The third-order valence-corrected chi connectivity index (χ3v) is 22.8. The maximum Gasteiger partial charge on any atom is 0.410 e. The van der Waals surface area contributed by atoms with E-state index in [1.165, 1.54) is 35.4 Å². The number of fused-ring (bicyclic) bond motifs is 2. The van der Waals surface area contributed by atoms with E-state index >= 15 is 0 Å². The summed E-state index contributed by atoms with van der Waals surface area (Å²) in [6, 6.07) is 19.1. The minimum atomic E-state index is -2.07. The van der Waals surface area contributed by atoms with Gasteiger partial charge in [-0.05, 0) is 171 Å². The molecule has 1 saturated heterocycles. The number of nitrogens with one attached hydrogen (secondary N) is 4. The molecule has 4 bridgehead atoms. The number of aliphatic hydroxyl groups excluding tert-OH is 6. The Morgan fingerprint density at radius 2 is 1.55 bits per heavy atom. The highest BCUT2D eigenvalue weighted by atomic mass is 32.1. The topological polar surface area (TPSA) is 448 Å². The Balaban J connectivity index is 0.765. The van der Waals surface area contributed by atoms with Crippen molar-refractivity contribution in [2.75, 3.05) is 61.5 Å². The molecular formula is C78H99N11O19S. The van der Waals surface area contributed by atoms with Crippen LogP contribution in [-0.4, -0.2) is 220 Å². The number of aliphatic imine (C=N–C) groups is 1. The molecule has 586 valence electrons. The normalized spacial score (nSPS) is 24.9. The van der Waals surface area contributed by atoms with Crippen LogP contribution in [0.2, 0.25) is 0 Å². The SMILES string of the molecule is CC(=NCC12CC3(C)CC(C)(C1)CC(OCCN(CC[C@@H](O)[C@H](O)CCO)C(=O)OCc1ccc(NC(=O)[C@H](C)NC(=O)[C@@H](NC(=O)CN4C(=O)C=CC4=O)C(C)C)cc1CC[C@@H]1O[C@H](C(O)O)C(O)C[C@H]1O)(C3)C2)C(=CN)c1ccc(N2CCc3cccc(C(=O)Nc4nc5ccccc5s4)c3C2)nc1C(=O)O. The fourth-order valence-corrected chi connectivity index (χ4v) is 18.5. The number of anilines is 3. The van der Waals surface area contributed by atoms with E-state index in [0.29, 0.717) is 76.3 Å². The van der Waals surface area contributed by atoms with Crippen LogP contribution in [0, 0.1) is 22.2 Å². The quantitative estimate of drug-likeness (QED) is 0.0155. The number of aryl methyl sites for hydroxylation is 1. The van der Waals surface area contributed by atoms with E-state index in [1.807, 2.05) is 48.2 Å². The lowest BCUT2D eigenvalue weighted by Gasteiger charge is -2.69. The van der Waals surface area contributed by atoms with Gasteiger partial charge >= 0.3 is 12.1 Å². The number of rotatable bonds is 32. The number of para-hydroxylation sites is 1. The van der Waals surface area contributed by atoms with Crippen molar-refractivity contribution in [1.29, 1.82) is 0 Å². The highest BCUT2D eigenvalue weighted by Gasteiger charge is 2.66. The second-order valence-corrected chi connectivity index (χ2v) is 32.2. The number of ether oxygens (including phenoxy) is 3. The Labute approximate surface area is 634 Å². The van der Waals surface area contributed by atoms with Gasteiger partial charge in [-0.1, -0.05) is 69.4 Å². The maximum absolute atomic E-state index is 14.6. The lowest BCUT2D eigenvalue weighted by atomic mass is 9.39. The summed E-state index contributed by atoms with van der Waals surface area (Å²) in [5.41, 5.74) is 10.3. The minimum absolute atomic E-state index is 0.0185. The summed E-state index contributed by atoms with van der Waals surface area (Å²) in [7, 11) is 0. The van der Waals surface area contributed by atoms with Crippen molar-refractivity contribution in [1.82, 2.24) is 30.4 Å². The molecule has 10 atom stereocenters. The number of aromatic nitrogens is 2. The maximum atomic E-state index is 14.6. The number of pyridine rings is 1. The number of amides is 7. The predicted octanol–water partition coefficient (Wildman–Crippen LogP) is 4.87. The Morgan fingerprint density at radius 3 is 2.24 bits per heavy atom. The standard InChI is InChI=1S/C78H99N11O19S/c1-43(2)65(85-62(95)34-89-63(96)20-21-64(89)97)70(100)81-45(4)68(98)82-49-16-14-48(47(30-49)15-18-59-57(93)31-58(94)67(108-59)72(103)104)35-106-74(105)87(26-23-55(91)56(92)24-28-90)27-29-107-78-39-75(5)36-76(6,40-78)38-77(37-75,41-78)42-80-44(3)52(32-79)50-17-19-61(84-66(50)71(101)102)88-25-22-46-10-9-11-51(53(46)33-88)69(99)86-73-83-54-12-7-8-13-60(54)109-73/h7-14,16-17,19-21,30,32,43,45,55-59,65,67,72,90-94,103-104H,15,18,22-29,31,33-42,79H2,1-6H3,(H,81,100)(H,82,98)(H,85,95)(H,101,102)(H,83,86,99)/t45-,55+,56+,57+,58?,59-,65-,67-,75?,76?,77?,78?/m0/s1. The van der Waals surface area contributed by atoms with Crippen LogP contribution in [0.3, 0.4) is 0 Å². The van der Waals surface area contributed by atoms with E-state index in [1.54, 1.807) is 44.2 Å². The third kappa shape index (κ3) is 19.0. The smallest absolute Gasteiger partial charge is 0.410 e. The third-order valence-electron chi connectivity index (χ3n) is 21.8. The molecule has 30 nitrogen and oxygen atoms in total. The van der Waals surface area contributed by atoms with E-state index in [9.17, 15) is 79.2 Å². The van der Waals surface area contributed by atoms with Crippen LogP contribution in [0.25, 0.3) is 15.8 Å². The molecule has 5 aromatic rings. The van der Waals surface area contributed by atoms with Gasteiger partial charge in [0.2, 0.25) is 17.7 Å². The average Bonchev–Trinajstić information content (AvgIpc) is 1.03. The van der Waals surface area contributed by atoms with Gasteiger partial charge in [-0.2, -0.15) is 0 Å². The van der Waals surface area contributed by atoms with Gasteiger partial charge in [-0.25, -0.2) is 19.6 Å². The monoisotopic (exact) mass is 1530 g/mol. The van der Waals surface area contributed by atoms with Crippen LogP contribution in [0.15, 0.2) is 96.1 Å². The number of hydrogen-bond donors (Lipinski definition) is 13. The second-order valence-electron chi connectivity index (χ2n) is 31.1. The van der Waals surface area contributed by atoms with Crippen LogP contribution in [0.1, 0.15) is 154 Å². The Kier molecular flexibility index (Phi) is 25.2. The molecule has 7 amide bonds. The van der Waals surface area contributed by atoms with Crippen LogP contribution < -0.4 is 31.9 Å². The number of allylic oxidation sites excluding steroid dienone is 1. The summed E-state index contributed by atoms with van der Waals surface area (Å²) in [4.78, 5) is 125. The number of benzene rings is 3. The summed E-state index contributed by atoms with van der Waals surface area (Å²) < 4.78 is 19.9. The number of carbonyl (C=O) groups excluding carboxylic acids is 7. The van der Waals surface area contributed by atoms with Gasteiger partial charge < -0.3 is 86.5 Å². The molecule has 4 aliphatic carbocycles. The van der Waals surface area contributed by atoms with E-state index < -0.39 is 121 Å². The molecule has 109 heavy (non-hydrogen) atoms. The number of carboxylic acids is 1. The van der Waals surface area contributed by atoms with E-state index in [0.717, 1.165) is 65.6 Å². The van der Waals surface area contributed by atoms with Crippen molar-refractivity contribution < 1.29 is 93.4 Å². The lowest BCUT2D eigenvalue weighted by Crippen LogP contribution is -2.64. The van der Waals surface area contributed by atoms with Gasteiger partial charge in [0, 0.05) is 92.2 Å². The lowest BCUT2D eigenvalue weighted by molar-refractivity contribution is -0.242. The molecule has 3 aliphatic heterocycles. The Hall–Kier alpha value is -9.15. The van der Waals surface area contributed by atoms with Crippen molar-refractivity contribution >= 4 is 97.0 Å². The number of hydrogen-bond acceptors (Lipinski definition) is 24. The van der Waals surface area contributed by atoms with Gasteiger partial charge in [0.25, 0.3) is 17.7 Å². The fraction of sp³-hybridized carbons (Fsp3) is 0.526. The molecule has 0 spiro atoms. The molecule has 3 unspecified atom stereocenters. The minimum Gasteiger partial charge on any atom is -0.476 e. The number of nitrogens with zero attached hydrogens (tertiary/aromatic N) is 6. The zero-order valence-corrected chi connectivity index (χ0v) is 62.8. The highest BCUT2D eigenvalue weighted by Crippen LogP contribution is 2.71. The van der Waals surface area contributed by atoms with Gasteiger partial charge in [0.1, 0.15) is 37.2 Å². The molecule has 0 radical (unpaired) electrons. The molecule has 5 heterocycles. The Bertz CT molecular complexity index is 4280. The predicted molar refractivity (Wildman–Crippen MR) is 402 cm³/mol. The van der Waals surface area contributed by atoms with Crippen LogP contribution >= 0.6 is 11.3 Å². The number of thiazole rings is 1. The van der Waals surface area contributed by atoms with E-state index in [4.69, 9.17) is 29.9 Å². The van der Waals surface area contributed by atoms with E-state index in [2.05, 4.69) is 40.1 Å². The highest BCUT2D eigenvalue weighted by molar-refractivity contribution is 7.22. The number of carbonyl (C=O) groups is 8. The Morgan fingerprint density at radius 1 is 0.826 bits per heavy atom. The molecule has 14 N–H and O–H groups in total. The van der Waals surface area contributed by atoms with Gasteiger partial charge in [-0.15, -0.1) is 0 Å². The van der Waals surface area contributed by atoms with Crippen molar-refractivity contribution in [3.63, 3.8) is 0 Å². The number of nitrogens with two attached hydrogens (primary N) is 1. The largest absolute Gasteiger partial charge is 0.476 e. The average molecular weight is 1530 g/mol. The fourth-order valence-electron chi connectivity index (χ4n) is 17.6. The number of aromatic carboxylic acids is 1. The molecule has 31 heteroatoms. The van der Waals surface area contributed by atoms with E-state index in [-0.39, 0.29) is 97.5 Å². The van der Waals surface area contributed by atoms with Crippen LogP contribution in [-0.2, 0) is 64.2 Å². The first-order valence-corrected chi connectivity index (χ1v) is 37.8. The zero-order chi connectivity index (χ0) is 78.4. The molecule has 4 saturated carbocycles. The summed E-state index contributed by atoms with van der Waals surface area (Å²) in [5.74, 6) is -5.19. The van der Waals surface area contributed by atoms with Gasteiger partial charge in [0.05, 0.1) is 52.9 Å². The molecule has 3 aromatic carbocycles. The molecule has 12 rings (SSSR count).